The number of ether oxygens (including phenoxy) is 1. The fourth-order valence-corrected chi connectivity index (χ4v) is 5.34. The van der Waals surface area contributed by atoms with Gasteiger partial charge in [-0.3, -0.25) is 0 Å². The Kier molecular flexibility index (Phi) is 5.49. The van der Waals surface area contributed by atoms with Crippen molar-refractivity contribution in [3.63, 3.8) is 0 Å². The van der Waals surface area contributed by atoms with E-state index in [0.29, 0.717) is 23.6 Å². The second-order valence-corrected chi connectivity index (χ2v) is 8.84. The number of hydrazone groups is 1. The first kappa shape index (κ1) is 21.5. The van der Waals surface area contributed by atoms with Crippen molar-refractivity contribution in [2.24, 2.45) is 5.10 Å². The Morgan fingerprint density at radius 3 is 2.32 bits per heavy atom. The van der Waals surface area contributed by atoms with Crippen LogP contribution in [0.2, 0.25) is 0 Å². The normalized spacial score (nSPS) is 22.2. The number of hydrogen-bond acceptors (Lipinski definition) is 6. The van der Waals surface area contributed by atoms with E-state index in [-0.39, 0.29) is 21.1 Å². The monoisotopic (exact) mass is 628 g/mol. The summed E-state index contributed by atoms with van der Waals surface area (Å²) < 4.78 is 6.16. The molecule has 2 atom stereocenters. The van der Waals surface area contributed by atoms with Gasteiger partial charge in [-0.05, 0) is 25.0 Å². The largest absolute Gasteiger partial charge is 4.00 e. The number of hydrogen-bond donors (Lipinski definition) is 0. The summed E-state index contributed by atoms with van der Waals surface area (Å²) in [4.78, 5) is 6.95. The van der Waals surface area contributed by atoms with E-state index in [1.54, 1.807) is 0 Å². The molecule has 2 unspecified atom stereocenters. The van der Waals surface area contributed by atoms with Gasteiger partial charge in [0.25, 0.3) is 0 Å². The van der Waals surface area contributed by atoms with Crippen LogP contribution in [0.25, 0.3) is 0 Å². The van der Waals surface area contributed by atoms with Crippen molar-refractivity contribution < 1.29 is 25.8 Å². The molecule has 6 nitrogen and oxygen atoms in total. The Morgan fingerprint density at radius 2 is 1.50 bits per heavy atom. The average Bonchev–Trinajstić information content (AvgIpc) is 3.50. The first-order valence-electron chi connectivity index (χ1n) is 11.5. The van der Waals surface area contributed by atoms with Crippen LogP contribution in [0.4, 0.5) is 22.7 Å². The van der Waals surface area contributed by atoms with Crippen LogP contribution in [0.15, 0.2) is 65.8 Å². The zero-order chi connectivity index (χ0) is 21.8. The van der Waals surface area contributed by atoms with E-state index < -0.39 is 0 Å². The second-order valence-electron chi connectivity index (χ2n) is 8.84. The van der Waals surface area contributed by atoms with E-state index in [2.05, 4.69) is 75.6 Å². The average molecular weight is 629 g/mol. The smallest absolute Gasteiger partial charge is 0.509 e. The number of anilines is 4. The third-order valence-electron chi connectivity index (χ3n) is 6.88. The van der Waals surface area contributed by atoms with Crippen molar-refractivity contribution in [1.29, 1.82) is 0 Å². The van der Waals surface area contributed by atoms with Crippen LogP contribution < -0.4 is 19.5 Å². The number of fused-ring (bicyclic) bond motifs is 16. The van der Waals surface area contributed by atoms with Crippen LogP contribution in [0, 0.1) is 25.5 Å². The molecule has 0 radical (unpaired) electrons. The molecule has 8 bridgehead atoms. The molecule has 0 amide bonds. The SMILES string of the molecule is [Pt+4].[c-]1c2cccc1N1[CH-]N(C=N1)C1CCCCC1N1[CH-]N(c3[c-]c(ccc3)O2)c2ccccc21. The molecule has 7 rings (SSSR count). The predicted octanol–water partition coefficient (Wildman–Crippen LogP) is 5.66. The van der Waals surface area contributed by atoms with Gasteiger partial charge in [-0.25, -0.2) is 0 Å². The number of nitrogens with zero attached hydrogens (tertiary/aromatic N) is 5. The molecule has 1 fully saturated rings. The Morgan fingerprint density at radius 1 is 0.794 bits per heavy atom. The van der Waals surface area contributed by atoms with Crippen LogP contribution in [0.3, 0.4) is 0 Å². The zero-order valence-corrected chi connectivity index (χ0v) is 20.7. The summed E-state index contributed by atoms with van der Waals surface area (Å²) in [6.45, 7) is 4.32. The van der Waals surface area contributed by atoms with Gasteiger partial charge in [0.15, 0.2) is 0 Å². The second kappa shape index (κ2) is 8.66. The van der Waals surface area contributed by atoms with Gasteiger partial charge in [0, 0.05) is 35.0 Å². The van der Waals surface area contributed by atoms with Crippen LogP contribution in [-0.4, -0.2) is 23.3 Å². The fourth-order valence-electron chi connectivity index (χ4n) is 5.34. The van der Waals surface area contributed by atoms with E-state index >= 15 is 0 Å². The minimum Gasteiger partial charge on any atom is -0.509 e. The minimum atomic E-state index is 0. The van der Waals surface area contributed by atoms with Crippen molar-refractivity contribution in [1.82, 2.24) is 4.90 Å². The molecule has 3 heterocycles. The van der Waals surface area contributed by atoms with E-state index in [1.165, 1.54) is 18.5 Å². The summed E-state index contributed by atoms with van der Waals surface area (Å²) in [6.07, 6.45) is 6.67. The van der Waals surface area contributed by atoms with Gasteiger partial charge in [0.05, 0.1) is 6.34 Å². The van der Waals surface area contributed by atoms with Crippen LogP contribution in [-0.2, 0) is 21.1 Å². The predicted molar refractivity (Wildman–Crippen MR) is 129 cm³/mol. The minimum absolute atomic E-state index is 0. The van der Waals surface area contributed by atoms with Crippen molar-refractivity contribution >= 4 is 29.1 Å². The van der Waals surface area contributed by atoms with Gasteiger partial charge in [-0.1, -0.05) is 30.7 Å². The summed E-state index contributed by atoms with van der Waals surface area (Å²) in [5, 5.41) is 6.55. The van der Waals surface area contributed by atoms with Crippen molar-refractivity contribution in [3.05, 3.63) is 86.1 Å². The third-order valence-corrected chi connectivity index (χ3v) is 6.88. The number of para-hydroxylation sites is 2. The summed E-state index contributed by atoms with van der Waals surface area (Å²) >= 11 is 0. The van der Waals surface area contributed by atoms with Crippen LogP contribution in [0.1, 0.15) is 25.7 Å². The van der Waals surface area contributed by atoms with E-state index in [9.17, 15) is 0 Å². The van der Waals surface area contributed by atoms with Crippen LogP contribution >= 0.6 is 0 Å². The summed E-state index contributed by atoms with van der Waals surface area (Å²) in [6, 6.07) is 28.0. The zero-order valence-electron chi connectivity index (χ0n) is 18.4. The Hall–Kier alpha value is -2.98. The van der Waals surface area contributed by atoms with E-state index in [1.807, 2.05) is 41.7 Å². The molecule has 3 aromatic carbocycles. The molecule has 3 aromatic rings. The van der Waals surface area contributed by atoms with Gasteiger partial charge in [-0.2, -0.15) is 23.9 Å². The number of rotatable bonds is 0. The van der Waals surface area contributed by atoms with E-state index in [4.69, 9.17) is 4.74 Å². The van der Waals surface area contributed by atoms with Crippen molar-refractivity contribution in [3.8, 4) is 11.5 Å². The molecule has 0 spiro atoms. The molecule has 34 heavy (non-hydrogen) atoms. The summed E-state index contributed by atoms with van der Waals surface area (Å²) in [5.74, 6) is 1.30. The molecule has 7 heteroatoms. The maximum absolute atomic E-state index is 6.16. The molecular formula is C27H23N5OPt. The molecule has 0 saturated heterocycles. The molecule has 172 valence electrons. The quantitative estimate of drug-likeness (QED) is 0.300. The molecule has 1 aliphatic carbocycles. The first-order valence-corrected chi connectivity index (χ1v) is 11.5. The Bertz CT molecular complexity index is 1230. The van der Waals surface area contributed by atoms with Gasteiger partial charge in [-0.15, -0.1) is 48.8 Å². The van der Waals surface area contributed by atoms with Crippen molar-refractivity contribution in [2.75, 3.05) is 14.8 Å². The van der Waals surface area contributed by atoms with Gasteiger partial charge >= 0.3 is 21.1 Å². The molecule has 0 N–H and O–H groups in total. The van der Waals surface area contributed by atoms with Crippen LogP contribution in [0.5, 0.6) is 11.5 Å². The summed E-state index contributed by atoms with van der Waals surface area (Å²) in [5.41, 5.74) is 4.20. The van der Waals surface area contributed by atoms with E-state index in [0.717, 1.165) is 29.9 Å². The van der Waals surface area contributed by atoms with Gasteiger partial charge < -0.3 is 24.4 Å². The maximum Gasteiger partial charge on any atom is 4.00 e. The first-order chi connectivity index (χ1) is 16.3. The topological polar surface area (TPSA) is 34.5 Å². The molecule has 0 aromatic heterocycles. The van der Waals surface area contributed by atoms with Crippen molar-refractivity contribution in [2.45, 2.75) is 37.8 Å². The Balaban J connectivity index is 0.00000217. The fraction of sp³-hybridized carbons (Fsp3) is 0.222. The molecule has 1 saturated carbocycles. The summed E-state index contributed by atoms with van der Waals surface area (Å²) in [7, 11) is 0. The molecule has 4 aliphatic rings. The standard InChI is InChI=1S/C27H23N5O.Pt/c1-2-12-25-24(11-1)29-17-28-32(18-29)21-8-6-10-23(16-21)33-22-9-5-7-20(15-22)30-19-31(25)27-14-4-3-13-26(27)30;/h3-10,13-14,17-19,24-25H,1-2,11-12H2;/q-4;+4. The molecule has 3 aliphatic heterocycles. The molecular weight excluding hydrogens is 605 g/mol. The van der Waals surface area contributed by atoms with Gasteiger partial charge in [0.1, 0.15) is 0 Å². The Labute approximate surface area is 214 Å². The number of benzene rings is 3. The third kappa shape index (κ3) is 3.56. The maximum atomic E-state index is 6.16. The van der Waals surface area contributed by atoms with Gasteiger partial charge in [0.2, 0.25) is 0 Å².